The lowest BCUT2D eigenvalue weighted by Gasteiger charge is -2.25. The lowest BCUT2D eigenvalue weighted by molar-refractivity contribution is -0.146. The Kier molecular flexibility index (Phi) is 9.69. The van der Waals surface area contributed by atoms with Crippen molar-refractivity contribution < 1.29 is 19.5 Å². The van der Waals surface area contributed by atoms with Gasteiger partial charge in [-0.1, -0.05) is 45.9 Å². The summed E-state index contributed by atoms with van der Waals surface area (Å²) < 4.78 is 0. The third-order valence-electron chi connectivity index (χ3n) is 3.78. The van der Waals surface area contributed by atoms with Gasteiger partial charge in [-0.3, -0.25) is 4.79 Å². The molecule has 1 rings (SSSR count). The molecule has 0 aliphatic carbocycles. The number of aliphatic hydroxyl groups is 1. The quantitative estimate of drug-likeness (QED) is 0.446. The molecule has 0 unspecified atom stereocenters. The first-order valence-corrected chi connectivity index (χ1v) is 9.01. The van der Waals surface area contributed by atoms with Crippen LogP contribution >= 0.6 is 0 Å². The van der Waals surface area contributed by atoms with Crippen molar-refractivity contribution in [2.24, 2.45) is 11.8 Å². The van der Waals surface area contributed by atoms with Crippen molar-refractivity contribution in [3.63, 3.8) is 0 Å². The Labute approximate surface area is 155 Å². The molecule has 0 aliphatic rings. The van der Waals surface area contributed by atoms with Gasteiger partial charge in [-0.15, -0.1) is 0 Å². The molecule has 1 aromatic rings. The molecule has 0 radical (unpaired) electrons. The molecule has 4 N–H and O–H groups in total. The molecule has 146 valence electrons. The number of carbonyl (C=O) groups is 2. The van der Waals surface area contributed by atoms with E-state index in [-0.39, 0.29) is 24.3 Å². The largest absolute Gasteiger partial charge is 0.395 e. The van der Waals surface area contributed by atoms with Crippen LogP contribution in [0.25, 0.3) is 0 Å². The molecular weight excluding hydrogens is 334 g/mol. The van der Waals surface area contributed by atoms with Crippen LogP contribution in [0, 0.1) is 11.8 Å². The number of aliphatic hydroxyl groups excluding tert-OH is 1. The highest BCUT2D eigenvalue weighted by atomic mass is 16.7. The van der Waals surface area contributed by atoms with Gasteiger partial charge in [0.05, 0.1) is 18.3 Å². The Morgan fingerprint density at radius 3 is 2.31 bits per heavy atom. The van der Waals surface area contributed by atoms with Crippen LogP contribution in [-0.4, -0.2) is 42.2 Å². The molecule has 26 heavy (non-hydrogen) atoms. The molecule has 7 heteroatoms. The number of rotatable bonds is 11. The van der Waals surface area contributed by atoms with Crippen molar-refractivity contribution in [3.8, 4) is 0 Å². The molecule has 2 atom stereocenters. The van der Waals surface area contributed by atoms with Crippen molar-refractivity contribution >= 4 is 17.6 Å². The molecule has 0 fully saturated rings. The molecule has 0 aromatic heterocycles. The van der Waals surface area contributed by atoms with E-state index in [1.807, 2.05) is 45.9 Å². The fourth-order valence-electron chi connectivity index (χ4n) is 2.48. The molecule has 0 bridgehead atoms. The summed E-state index contributed by atoms with van der Waals surface area (Å²) in [6.07, 6.45) is 0.464. The van der Waals surface area contributed by atoms with Crippen molar-refractivity contribution in [1.82, 2.24) is 10.6 Å². The summed E-state index contributed by atoms with van der Waals surface area (Å²) in [5.74, 6) is -0.608. The maximum absolute atomic E-state index is 12.6. The summed E-state index contributed by atoms with van der Waals surface area (Å²) in [4.78, 5) is 30.2. The highest BCUT2D eigenvalue weighted by Crippen LogP contribution is 2.10. The highest BCUT2D eigenvalue weighted by Gasteiger charge is 2.29. The first-order valence-electron chi connectivity index (χ1n) is 9.01. The van der Waals surface area contributed by atoms with Crippen LogP contribution < -0.4 is 16.1 Å². The first kappa shape index (κ1) is 21.9. The number of carbonyl (C=O) groups excluding carboxylic acids is 2. The van der Waals surface area contributed by atoms with E-state index in [0.29, 0.717) is 18.7 Å². The topological polar surface area (TPSA) is 99.7 Å². The van der Waals surface area contributed by atoms with Crippen LogP contribution in [0.5, 0.6) is 0 Å². The lowest BCUT2D eigenvalue weighted by Crippen LogP contribution is -2.53. The van der Waals surface area contributed by atoms with Gasteiger partial charge in [0.15, 0.2) is 0 Å². The number of hydrogen-bond acceptors (Lipinski definition) is 6. The van der Waals surface area contributed by atoms with Crippen LogP contribution in [0.2, 0.25) is 0 Å². The minimum atomic E-state index is -0.754. The lowest BCUT2D eigenvalue weighted by atomic mass is 10.0. The van der Waals surface area contributed by atoms with Crippen molar-refractivity contribution in [3.05, 3.63) is 30.3 Å². The van der Waals surface area contributed by atoms with E-state index in [2.05, 4.69) is 16.1 Å². The number of benzene rings is 1. The van der Waals surface area contributed by atoms with Crippen LogP contribution in [0.4, 0.5) is 5.69 Å². The van der Waals surface area contributed by atoms with Crippen molar-refractivity contribution in [2.75, 3.05) is 18.6 Å². The zero-order valence-electron chi connectivity index (χ0n) is 16.0. The first-order chi connectivity index (χ1) is 12.3. The second kappa shape index (κ2) is 11.5. The van der Waals surface area contributed by atoms with Gasteiger partial charge in [0, 0.05) is 6.54 Å². The van der Waals surface area contributed by atoms with E-state index in [1.165, 1.54) is 0 Å². The van der Waals surface area contributed by atoms with E-state index in [0.717, 1.165) is 0 Å². The van der Waals surface area contributed by atoms with Gasteiger partial charge in [-0.25, -0.2) is 10.3 Å². The fraction of sp³-hybridized carbons (Fsp3) is 0.579. The molecule has 0 spiro atoms. The highest BCUT2D eigenvalue weighted by molar-refractivity contribution is 5.88. The van der Waals surface area contributed by atoms with Crippen LogP contribution in [0.15, 0.2) is 30.3 Å². The van der Waals surface area contributed by atoms with E-state index in [4.69, 9.17) is 9.94 Å². The zero-order valence-corrected chi connectivity index (χ0v) is 16.0. The van der Waals surface area contributed by atoms with Gasteiger partial charge >= 0.3 is 5.97 Å². The minimum Gasteiger partial charge on any atom is -0.395 e. The minimum absolute atomic E-state index is 0.0136. The number of nitrogens with one attached hydrogen (secondary N) is 3. The monoisotopic (exact) mass is 365 g/mol. The Morgan fingerprint density at radius 2 is 1.77 bits per heavy atom. The third-order valence-corrected chi connectivity index (χ3v) is 3.78. The maximum Gasteiger partial charge on any atom is 0.354 e. The summed E-state index contributed by atoms with van der Waals surface area (Å²) in [6, 6.07) is 7.81. The number of para-hydroxylation sites is 1. The predicted octanol–water partition coefficient (Wildman–Crippen LogP) is 1.69. The van der Waals surface area contributed by atoms with Crippen molar-refractivity contribution in [1.29, 1.82) is 0 Å². The molecule has 1 amide bonds. The second-order valence-electron chi connectivity index (χ2n) is 6.98. The van der Waals surface area contributed by atoms with Crippen LogP contribution in [-0.2, 0) is 14.4 Å². The normalized spacial score (nSPS) is 13.3. The summed E-state index contributed by atoms with van der Waals surface area (Å²) in [5, 5.41) is 14.7. The molecule has 0 saturated heterocycles. The van der Waals surface area contributed by atoms with Gasteiger partial charge in [0.25, 0.3) is 0 Å². The second-order valence-corrected chi connectivity index (χ2v) is 6.98. The average molecular weight is 365 g/mol. The molecule has 7 nitrogen and oxygen atoms in total. The summed E-state index contributed by atoms with van der Waals surface area (Å²) in [7, 11) is 0. The average Bonchev–Trinajstić information content (AvgIpc) is 2.59. The SMILES string of the molecule is CC(C)C[C@@H](NC(=O)[C@H](NCCO)C(C)C)C(=O)ONc1ccccc1. The van der Waals surface area contributed by atoms with E-state index in [1.54, 1.807) is 12.1 Å². The van der Waals surface area contributed by atoms with Gasteiger partial charge in [-0.2, -0.15) is 0 Å². The van der Waals surface area contributed by atoms with Gasteiger partial charge in [-0.05, 0) is 30.4 Å². The molecule has 0 heterocycles. The standard InChI is InChI=1S/C19H31N3O4/c1-13(2)12-16(19(25)26-22-15-8-6-5-7-9-15)21-18(24)17(14(3)4)20-10-11-23/h5-9,13-14,16-17,20,22-23H,10-12H2,1-4H3,(H,21,24)/t16-,17-/m1/s1. The van der Waals surface area contributed by atoms with E-state index in [9.17, 15) is 9.59 Å². The Morgan fingerprint density at radius 1 is 1.12 bits per heavy atom. The van der Waals surface area contributed by atoms with Crippen LogP contribution in [0.3, 0.4) is 0 Å². The number of anilines is 1. The molecular formula is C19H31N3O4. The fourth-order valence-corrected chi connectivity index (χ4v) is 2.48. The third kappa shape index (κ3) is 7.84. The van der Waals surface area contributed by atoms with E-state index < -0.39 is 18.1 Å². The van der Waals surface area contributed by atoms with Crippen LogP contribution in [0.1, 0.15) is 34.1 Å². The number of amides is 1. The summed E-state index contributed by atoms with van der Waals surface area (Å²) in [6.45, 7) is 8.00. The predicted molar refractivity (Wildman–Crippen MR) is 101 cm³/mol. The smallest absolute Gasteiger partial charge is 0.354 e. The molecule has 1 aromatic carbocycles. The Balaban J connectivity index is 2.71. The Hall–Kier alpha value is -2.12. The Bertz CT molecular complexity index is 549. The zero-order chi connectivity index (χ0) is 19.5. The maximum atomic E-state index is 12.6. The molecule has 0 saturated carbocycles. The van der Waals surface area contributed by atoms with Gasteiger partial charge < -0.3 is 20.6 Å². The van der Waals surface area contributed by atoms with E-state index >= 15 is 0 Å². The summed E-state index contributed by atoms with van der Waals surface area (Å²) in [5.41, 5.74) is 3.26. The van der Waals surface area contributed by atoms with Crippen molar-refractivity contribution in [2.45, 2.75) is 46.2 Å². The van der Waals surface area contributed by atoms with Gasteiger partial charge in [0.1, 0.15) is 6.04 Å². The number of hydrogen-bond donors (Lipinski definition) is 4. The molecule has 0 aliphatic heterocycles. The summed E-state index contributed by atoms with van der Waals surface area (Å²) >= 11 is 0. The van der Waals surface area contributed by atoms with Gasteiger partial charge in [0.2, 0.25) is 5.91 Å².